The second kappa shape index (κ2) is 6.17. The first-order valence-electron chi connectivity index (χ1n) is 7.01. The highest BCUT2D eigenvalue weighted by Gasteiger charge is 2.35. The molecule has 3 heteroatoms. The van der Waals surface area contributed by atoms with Crippen molar-refractivity contribution in [3.8, 4) is 0 Å². The molecule has 0 aromatic rings. The highest BCUT2D eigenvalue weighted by atomic mass is 16.5. The number of quaternary nitrogens is 1. The molecule has 0 aromatic heterocycles. The van der Waals surface area contributed by atoms with E-state index in [1.165, 1.54) is 6.42 Å². The van der Waals surface area contributed by atoms with Gasteiger partial charge in [-0.1, -0.05) is 13.8 Å². The minimum atomic E-state index is -0.520. The fraction of sp³-hybridized carbons (Fsp3) is 1.00. The monoisotopic (exact) mass is 244 g/mol. The molecule has 1 rings (SSSR count). The molecule has 1 heterocycles. The van der Waals surface area contributed by atoms with Crippen LogP contribution in [0, 0.1) is 5.92 Å². The summed E-state index contributed by atoms with van der Waals surface area (Å²) in [7, 11) is 0. The van der Waals surface area contributed by atoms with Crippen LogP contribution in [-0.2, 0) is 4.74 Å². The van der Waals surface area contributed by atoms with Crippen LogP contribution in [0.3, 0.4) is 0 Å². The lowest BCUT2D eigenvalue weighted by molar-refractivity contribution is -0.951. The molecule has 1 aliphatic heterocycles. The van der Waals surface area contributed by atoms with E-state index >= 15 is 0 Å². The Balaban J connectivity index is 2.34. The summed E-state index contributed by atoms with van der Waals surface area (Å²) in [5.41, 5.74) is -0.520. The Kier molecular flexibility index (Phi) is 5.42. The summed E-state index contributed by atoms with van der Waals surface area (Å²) >= 11 is 0. The van der Waals surface area contributed by atoms with Crippen molar-refractivity contribution < 1.29 is 14.7 Å². The lowest BCUT2D eigenvalue weighted by Gasteiger charge is -2.28. The normalized spacial score (nSPS) is 27.7. The van der Waals surface area contributed by atoms with Gasteiger partial charge in [-0.15, -0.1) is 0 Å². The molecule has 1 fully saturated rings. The van der Waals surface area contributed by atoms with Crippen LogP contribution in [0.5, 0.6) is 0 Å². The minimum absolute atomic E-state index is 0.368. The minimum Gasteiger partial charge on any atom is -0.390 e. The summed E-state index contributed by atoms with van der Waals surface area (Å²) in [6.07, 6.45) is 3.52. The molecule has 0 saturated carbocycles. The van der Waals surface area contributed by atoms with Crippen molar-refractivity contribution in [1.82, 2.24) is 0 Å². The highest BCUT2D eigenvalue weighted by Crippen LogP contribution is 2.13. The lowest BCUT2D eigenvalue weighted by Crippen LogP contribution is -3.17. The van der Waals surface area contributed by atoms with Gasteiger partial charge in [0.25, 0.3) is 0 Å². The van der Waals surface area contributed by atoms with Crippen LogP contribution < -0.4 is 4.90 Å². The molecule has 1 aliphatic rings. The zero-order chi connectivity index (χ0) is 13.1. The smallest absolute Gasteiger partial charge is 0.194 e. The first-order valence-corrected chi connectivity index (χ1v) is 7.01. The van der Waals surface area contributed by atoms with Crippen molar-refractivity contribution >= 4 is 0 Å². The van der Waals surface area contributed by atoms with Gasteiger partial charge in [-0.05, 0) is 40.0 Å². The van der Waals surface area contributed by atoms with Gasteiger partial charge in [0.15, 0.2) is 6.23 Å². The Hall–Kier alpha value is -0.120. The van der Waals surface area contributed by atoms with Gasteiger partial charge < -0.3 is 14.7 Å². The number of ether oxygens (including phenoxy) is 1. The molecule has 0 spiro atoms. The van der Waals surface area contributed by atoms with E-state index in [9.17, 15) is 5.11 Å². The van der Waals surface area contributed by atoms with Gasteiger partial charge in [-0.25, -0.2) is 0 Å². The molecule has 0 aliphatic carbocycles. The predicted octanol–water partition coefficient (Wildman–Crippen LogP) is 1.21. The number of hydrogen-bond donors (Lipinski definition) is 2. The standard InChI is InChI=1S/C14H29NO2/c1-11(2)13-15(9-10-17-13)12(3)7-6-8-14(4,5)16/h11-13,16H,6-10H2,1-5H3/p+1/t12-,13-/m0/s1. The van der Waals surface area contributed by atoms with Crippen LogP contribution in [0.1, 0.15) is 53.9 Å². The zero-order valence-electron chi connectivity index (χ0n) is 12.1. The van der Waals surface area contributed by atoms with Crippen molar-refractivity contribution in [3.05, 3.63) is 0 Å². The molecule has 0 aromatic carbocycles. The van der Waals surface area contributed by atoms with E-state index in [1.54, 1.807) is 4.90 Å². The largest absolute Gasteiger partial charge is 0.390 e. The van der Waals surface area contributed by atoms with E-state index < -0.39 is 5.60 Å². The maximum absolute atomic E-state index is 9.70. The first-order chi connectivity index (χ1) is 7.81. The Morgan fingerprint density at radius 3 is 2.53 bits per heavy atom. The van der Waals surface area contributed by atoms with Crippen molar-refractivity contribution in [2.45, 2.75) is 71.8 Å². The second-order valence-electron chi connectivity index (χ2n) is 6.47. The number of rotatable bonds is 6. The van der Waals surface area contributed by atoms with Crippen molar-refractivity contribution in [1.29, 1.82) is 0 Å². The second-order valence-corrected chi connectivity index (χ2v) is 6.47. The Morgan fingerprint density at radius 2 is 2.00 bits per heavy atom. The number of hydrogen-bond acceptors (Lipinski definition) is 2. The fourth-order valence-corrected chi connectivity index (χ4v) is 2.73. The van der Waals surface area contributed by atoms with Gasteiger partial charge in [-0.3, -0.25) is 0 Å². The number of nitrogens with one attached hydrogen (secondary N) is 1. The van der Waals surface area contributed by atoms with Crippen LogP contribution in [0.25, 0.3) is 0 Å². The summed E-state index contributed by atoms with van der Waals surface area (Å²) in [6, 6.07) is 0.632. The molecule has 1 unspecified atom stereocenters. The maximum Gasteiger partial charge on any atom is 0.194 e. The van der Waals surface area contributed by atoms with Crippen LogP contribution in [-0.4, -0.2) is 36.1 Å². The summed E-state index contributed by atoms with van der Waals surface area (Å²) in [4.78, 5) is 1.59. The molecule has 17 heavy (non-hydrogen) atoms. The average Bonchev–Trinajstić information content (AvgIpc) is 2.63. The Morgan fingerprint density at radius 1 is 1.35 bits per heavy atom. The van der Waals surface area contributed by atoms with Crippen molar-refractivity contribution in [2.75, 3.05) is 13.2 Å². The van der Waals surface area contributed by atoms with Crippen LogP contribution in [0.2, 0.25) is 0 Å². The van der Waals surface area contributed by atoms with Gasteiger partial charge in [0.1, 0.15) is 13.2 Å². The van der Waals surface area contributed by atoms with E-state index in [-0.39, 0.29) is 0 Å². The van der Waals surface area contributed by atoms with Gasteiger partial charge >= 0.3 is 0 Å². The molecular formula is C14H30NO2+. The van der Waals surface area contributed by atoms with Crippen LogP contribution >= 0.6 is 0 Å². The predicted molar refractivity (Wildman–Crippen MR) is 70.0 cm³/mol. The van der Waals surface area contributed by atoms with Crippen molar-refractivity contribution in [2.24, 2.45) is 5.92 Å². The Labute approximate surface area is 106 Å². The third-order valence-corrected chi connectivity index (χ3v) is 3.72. The molecule has 2 N–H and O–H groups in total. The third-order valence-electron chi connectivity index (χ3n) is 3.72. The number of aliphatic hydroxyl groups is 1. The molecule has 0 bridgehead atoms. The first kappa shape index (κ1) is 14.9. The van der Waals surface area contributed by atoms with E-state index in [1.807, 2.05) is 13.8 Å². The average molecular weight is 244 g/mol. The third kappa shape index (κ3) is 4.94. The molecule has 0 radical (unpaired) electrons. The van der Waals surface area contributed by atoms with E-state index in [4.69, 9.17) is 4.74 Å². The fourth-order valence-electron chi connectivity index (χ4n) is 2.73. The molecule has 1 saturated heterocycles. The quantitative estimate of drug-likeness (QED) is 0.736. The molecular weight excluding hydrogens is 214 g/mol. The van der Waals surface area contributed by atoms with Crippen LogP contribution in [0.4, 0.5) is 0 Å². The summed E-state index contributed by atoms with van der Waals surface area (Å²) in [6.45, 7) is 12.6. The molecule has 102 valence electrons. The van der Waals surface area contributed by atoms with Gasteiger partial charge in [0.2, 0.25) is 0 Å². The van der Waals surface area contributed by atoms with Gasteiger partial charge in [0, 0.05) is 5.92 Å². The summed E-state index contributed by atoms with van der Waals surface area (Å²) in [5, 5.41) is 9.70. The molecule has 0 amide bonds. The Bertz CT molecular complexity index is 223. The van der Waals surface area contributed by atoms with E-state index in [0.29, 0.717) is 18.2 Å². The van der Waals surface area contributed by atoms with Crippen molar-refractivity contribution in [3.63, 3.8) is 0 Å². The topological polar surface area (TPSA) is 33.9 Å². The lowest BCUT2D eigenvalue weighted by atomic mass is 9.99. The summed E-state index contributed by atoms with van der Waals surface area (Å²) < 4.78 is 5.81. The molecule has 3 atom stereocenters. The maximum atomic E-state index is 9.70. The van der Waals surface area contributed by atoms with E-state index in [0.717, 1.165) is 26.0 Å². The zero-order valence-corrected chi connectivity index (χ0v) is 12.1. The summed E-state index contributed by atoms with van der Waals surface area (Å²) in [5.74, 6) is 0.587. The highest BCUT2D eigenvalue weighted by molar-refractivity contribution is 4.66. The molecule has 3 nitrogen and oxygen atoms in total. The van der Waals surface area contributed by atoms with Gasteiger partial charge in [0.05, 0.1) is 11.6 Å². The van der Waals surface area contributed by atoms with E-state index in [2.05, 4.69) is 20.8 Å². The van der Waals surface area contributed by atoms with Gasteiger partial charge in [-0.2, -0.15) is 0 Å². The van der Waals surface area contributed by atoms with Crippen LogP contribution in [0.15, 0.2) is 0 Å². The SMILES string of the molecule is CC(C)[C@@H]1OCC[NH+]1[C@@H](C)CCCC(C)(C)O.